The van der Waals surface area contributed by atoms with Crippen LogP contribution in [0.2, 0.25) is 0 Å². The van der Waals surface area contributed by atoms with E-state index in [2.05, 4.69) is 21.6 Å². The Morgan fingerprint density at radius 1 is 1.13 bits per heavy atom. The molecule has 0 aliphatic carbocycles. The molecule has 1 aliphatic heterocycles. The highest BCUT2D eigenvalue weighted by Crippen LogP contribution is 2.36. The molecule has 0 radical (unpaired) electrons. The van der Waals surface area contributed by atoms with E-state index in [4.69, 9.17) is 0 Å². The van der Waals surface area contributed by atoms with Crippen LogP contribution in [0.25, 0.3) is 16.6 Å². The number of piperidine rings is 1. The molecule has 1 aliphatic rings. The summed E-state index contributed by atoms with van der Waals surface area (Å²) in [5, 5.41) is 21.8. The van der Waals surface area contributed by atoms with Gasteiger partial charge in [0, 0.05) is 39.9 Å². The maximum atomic E-state index is 14.3. The Morgan fingerprint density at radius 3 is 2.83 bits per heavy atom. The molecule has 1 unspecified atom stereocenters. The minimum Gasteiger partial charge on any atom is -0.315 e. The van der Waals surface area contributed by atoms with Crippen LogP contribution in [-0.4, -0.2) is 32.5 Å². The van der Waals surface area contributed by atoms with E-state index in [0.717, 1.165) is 42.0 Å². The molecule has 1 atom stereocenters. The molecule has 0 amide bonds. The van der Waals surface area contributed by atoms with Crippen LogP contribution in [0.5, 0.6) is 0 Å². The zero-order chi connectivity index (χ0) is 20.5. The first-order chi connectivity index (χ1) is 14.7. The lowest BCUT2D eigenvalue weighted by atomic mass is 10.1. The highest BCUT2D eigenvalue weighted by atomic mass is 32.2. The third kappa shape index (κ3) is 3.47. The molecule has 1 N–H and O–H groups in total. The summed E-state index contributed by atoms with van der Waals surface area (Å²) in [4.78, 5) is 1.28. The normalized spacial score (nSPS) is 16.6. The molecule has 8 heteroatoms. The number of nitriles is 1. The van der Waals surface area contributed by atoms with Gasteiger partial charge in [0.25, 0.3) is 0 Å². The Morgan fingerprint density at radius 2 is 2.03 bits per heavy atom. The van der Waals surface area contributed by atoms with Gasteiger partial charge < -0.3 is 5.32 Å². The minimum absolute atomic E-state index is 0.290. The zero-order valence-corrected chi connectivity index (χ0v) is 16.9. The van der Waals surface area contributed by atoms with E-state index in [1.54, 1.807) is 28.9 Å². The molecule has 0 saturated carbocycles. The first-order valence-corrected chi connectivity index (χ1v) is 10.6. The monoisotopic (exact) mass is 418 g/mol. The van der Waals surface area contributed by atoms with Gasteiger partial charge in [-0.3, -0.25) is 4.68 Å². The van der Waals surface area contributed by atoms with Crippen molar-refractivity contribution in [2.45, 2.75) is 28.7 Å². The average molecular weight is 419 g/mol. The number of rotatable bonds is 4. The van der Waals surface area contributed by atoms with Crippen LogP contribution in [0.1, 0.15) is 24.4 Å². The van der Waals surface area contributed by atoms with E-state index in [-0.39, 0.29) is 5.82 Å². The molecule has 1 fully saturated rings. The van der Waals surface area contributed by atoms with E-state index >= 15 is 0 Å². The number of pyridine rings is 1. The second-order valence-corrected chi connectivity index (χ2v) is 8.38. The topological polar surface area (TPSA) is 70.9 Å². The fourth-order valence-electron chi connectivity index (χ4n) is 3.79. The van der Waals surface area contributed by atoms with Crippen molar-refractivity contribution >= 4 is 17.3 Å². The molecular weight excluding hydrogens is 399 g/mol. The van der Waals surface area contributed by atoms with E-state index in [1.165, 1.54) is 17.8 Å². The Kier molecular flexibility index (Phi) is 4.99. The molecule has 5 rings (SSSR count). The Labute approximate surface area is 177 Å². The van der Waals surface area contributed by atoms with Crippen LogP contribution in [0.15, 0.2) is 64.9 Å². The van der Waals surface area contributed by atoms with E-state index in [1.807, 2.05) is 29.3 Å². The smallest absolute Gasteiger partial charge is 0.137 e. The van der Waals surface area contributed by atoms with E-state index in [0.29, 0.717) is 22.0 Å². The molecule has 4 heterocycles. The Bertz CT molecular complexity index is 1250. The number of nitrogens with zero attached hydrogens (tertiary/aromatic N) is 5. The molecule has 1 aromatic carbocycles. The number of nitrogens with one attached hydrogen (secondary N) is 1. The maximum Gasteiger partial charge on any atom is 0.137 e. The van der Waals surface area contributed by atoms with E-state index in [9.17, 15) is 9.65 Å². The lowest BCUT2D eigenvalue weighted by molar-refractivity contribution is 0.347. The fourth-order valence-corrected chi connectivity index (χ4v) is 4.83. The number of halogens is 1. The predicted molar refractivity (Wildman–Crippen MR) is 113 cm³/mol. The van der Waals surface area contributed by atoms with Crippen LogP contribution in [0, 0.1) is 17.1 Å². The van der Waals surface area contributed by atoms with Gasteiger partial charge in [0.15, 0.2) is 0 Å². The van der Waals surface area contributed by atoms with Crippen LogP contribution in [0.3, 0.4) is 0 Å². The van der Waals surface area contributed by atoms with Crippen molar-refractivity contribution in [3.63, 3.8) is 0 Å². The number of fused-ring (bicyclic) bond motifs is 1. The van der Waals surface area contributed by atoms with Crippen molar-refractivity contribution in [3.8, 4) is 17.2 Å². The van der Waals surface area contributed by atoms with Gasteiger partial charge in [0.1, 0.15) is 11.9 Å². The minimum atomic E-state index is -0.290. The Balaban J connectivity index is 1.58. The molecule has 6 nitrogen and oxygen atoms in total. The quantitative estimate of drug-likeness (QED) is 0.536. The molecule has 1 saturated heterocycles. The van der Waals surface area contributed by atoms with Crippen LogP contribution in [-0.2, 0) is 0 Å². The maximum absolute atomic E-state index is 14.3. The number of benzene rings is 1. The van der Waals surface area contributed by atoms with Gasteiger partial charge in [-0.25, -0.2) is 8.91 Å². The second kappa shape index (κ2) is 7.94. The average Bonchev–Trinajstić information content (AvgIpc) is 3.43. The molecule has 0 spiro atoms. The summed E-state index contributed by atoms with van der Waals surface area (Å²) in [7, 11) is 0. The standard InChI is InChI=1S/C22H19FN6S/c23-19-5-1-2-6-20(19)30-21-8-15(13-29-22(21)16(9-24)10-27-29)17-11-26-28(14-17)18-4-3-7-25-12-18/h1-2,5-6,8,10-11,13-14,18,25H,3-4,7,12H2. The molecule has 3 aromatic heterocycles. The summed E-state index contributed by atoms with van der Waals surface area (Å²) in [6, 6.07) is 11.2. The highest BCUT2D eigenvalue weighted by Gasteiger charge is 2.18. The van der Waals surface area contributed by atoms with Gasteiger partial charge in [0.2, 0.25) is 0 Å². The summed E-state index contributed by atoms with van der Waals surface area (Å²) in [5.41, 5.74) is 3.03. The SMILES string of the molecule is N#Cc1cnn2cc(-c3cnn(C4CCCNC4)c3)cc(Sc3ccccc3F)c12. The van der Waals surface area contributed by atoms with Gasteiger partial charge in [-0.05, 0) is 37.6 Å². The first-order valence-electron chi connectivity index (χ1n) is 9.82. The Hall–Kier alpha value is -3.15. The van der Waals surface area contributed by atoms with Gasteiger partial charge in [0.05, 0.1) is 29.5 Å². The highest BCUT2D eigenvalue weighted by molar-refractivity contribution is 7.99. The lowest BCUT2D eigenvalue weighted by Crippen LogP contribution is -2.31. The number of hydrogen-bond acceptors (Lipinski definition) is 5. The van der Waals surface area contributed by atoms with Gasteiger partial charge in [-0.2, -0.15) is 15.5 Å². The number of hydrogen-bond donors (Lipinski definition) is 1. The molecule has 4 aromatic rings. The third-order valence-electron chi connectivity index (χ3n) is 5.33. The predicted octanol–water partition coefficient (Wildman–Crippen LogP) is 4.28. The summed E-state index contributed by atoms with van der Waals surface area (Å²) in [6.07, 6.45) is 9.57. The van der Waals surface area contributed by atoms with Gasteiger partial charge >= 0.3 is 0 Å². The van der Waals surface area contributed by atoms with Crippen LogP contribution >= 0.6 is 11.8 Å². The van der Waals surface area contributed by atoms with Gasteiger partial charge in [-0.15, -0.1) is 0 Å². The van der Waals surface area contributed by atoms with Crippen molar-refractivity contribution in [1.29, 1.82) is 5.26 Å². The molecule has 0 bridgehead atoms. The van der Waals surface area contributed by atoms with Gasteiger partial charge in [-0.1, -0.05) is 23.9 Å². The molecule has 150 valence electrons. The van der Waals surface area contributed by atoms with Crippen molar-refractivity contribution in [2.75, 3.05) is 13.1 Å². The fraction of sp³-hybridized carbons (Fsp3) is 0.227. The summed E-state index contributed by atoms with van der Waals surface area (Å²) < 4.78 is 18.0. The zero-order valence-electron chi connectivity index (χ0n) is 16.1. The van der Waals surface area contributed by atoms with Crippen molar-refractivity contribution in [1.82, 2.24) is 24.7 Å². The van der Waals surface area contributed by atoms with Crippen molar-refractivity contribution in [2.24, 2.45) is 0 Å². The van der Waals surface area contributed by atoms with E-state index < -0.39 is 0 Å². The summed E-state index contributed by atoms with van der Waals surface area (Å²) in [5.74, 6) is -0.290. The second-order valence-electron chi connectivity index (χ2n) is 7.30. The largest absolute Gasteiger partial charge is 0.315 e. The first kappa shape index (κ1) is 18.9. The van der Waals surface area contributed by atoms with Crippen molar-refractivity contribution in [3.05, 3.63) is 66.5 Å². The third-order valence-corrected chi connectivity index (χ3v) is 6.42. The number of aromatic nitrogens is 4. The lowest BCUT2D eigenvalue weighted by Gasteiger charge is -2.22. The molecular formula is C22H19FN6S. The van der Waals surface area contributed by atoms with Crippen molar-refractivity contribution < 1.29 is 4.39 Å². The summed E-state index contributed by atoms with van der Waals surface area (Å²) >= 11 is 1.30. The summed E-state index contributed by atoms with van der Waals surface area (Å²) in [6.45, 7) is 1.97. The van der Waals surface area contributed by atoms with Crippen LogP contribution in [0.4, 0.5) is 4.39 Å². The van der Waals surface area contributed by atoms with Crippen LogP contribution < -0.4 is 5.32 Å². The molecule has 30 heavy (non-hydrogen) atoms.